The SMILES string of the molecule is CC(=O)Oc1ccc(-c2nc3ccccc3c(=S)s2)cc1C. The van der Waals surface area contributed by atoms with E-state index in [0.29, 0.717) is 5.75 Å². The topological polar surface area (TPSA) is 39.2 Å². The molecule has 3 rings (SSSR count). The van der Waals surface area contributed by atoms with Gasteiger partial charge >= 0.3 is 5.97 Å². The highest BCUT2D eigenvalue weighted by atomic mass is 32.1. The van der Waals surface area contributed by atoms with Gasteiger partial charge in [0, 0.05) is 17.9 Å². The Bertz CT molecular complexity index is 931. The maximum atomic E-state index is 11.1. The summed E-state index contributed by atoms with van der Waals surface area (Å²) in [6.07, 6.45) is 0. The summed E-state index contributed by atoms with van der Waals surface area (Å²) in [4.78, 5) is 15.7. The fraction of sp³-hybridized carbons (Fsp3) is 0.118. The molecule has 0 saturated heterocycles. The molecule has 110 valence electrons. The lowest BCUT2D eigenvalue weighted by Gasteiger charge is -2.08. The number of carbonyl (C=O) groups excluding carboxylic acids is 1. The fourth-order valence-corrected chi connectivity index (χ4v) is 3.45. The molecule has 0 atom stereocenters. The molecule has 0 saturated carbocycles. The molecule has 0 unspecified atom stereocenters. The van der Waals surface area contributed by atoms with Crippen molar-refractivity contribution in [2.24, 2.45) is 0 Å². The third-order valence-corrected chi connectivity index (χ3v) is 4.61. The highest BCUT2D eigenvalue weighted by Crippen LogP contribution is 2.30. The van der Waals surface area contributed by atoms with Gasteiger partial charge in [-0.25, -0.2) is 4.98 Å². The second kappa shape index (κ2) is 5.94. The number of aromatic nitrogens is 1. The molecule has 0 N–H and O–H groups in total. The van der Waals surface area contributed by atoms with Crippen LogP contribution in [-0.2, 0) is 4.79 Å². The average molecular weight is 327 g/mol. The van der Waals surface area contributed by atoms with Gasteiger partial charge in [0.2, 0.25) is 0 Å². The first kappa shape index (κ1) is 14.8. The highest BCUT2D eigenvalue weighted by Gasteiger charge is 2.08. The molecule has 0 fully saturated rings. The van der Waals surface area contributed by atoms with Gasteiger partial charge in [0.1, 0.15) is 14.6 Å². The van der Waals surface area contributed by atoms with Gasteiger partial charge in [-0.15, -0.1) is 11.3 Å². The Balaban J connectivity index is 2.10. The Morgan fingerprint density at radius 1 is 1.23 bits per heavy atom. The number of para-hydroxylation sites is 1. The van der Waals surface area contributed by atoms with E-state index in [0.717, 1.165) is 30.9 Å². The number of aryl methyl sites for hydroxylation is 1. The van der Waals surface area contributed by atoms with Crippen LogP contribution in [0.1, 0.15) is 12.5 Å². The predicted octanol–water partition coefficient (Wildman–Crippen LogP) is 4.93. The Kier molecular flexibility index (Phi) is 4.00. The molecule has 5 heteroatoms. The Hall–Kier alpha value is -2.11. The predicted molar refractivity (Wildman–Crippen MR) is 91.9 cm³/mol. The number of nitrogens with zero attached hydrogens (tertiary/aromatic N) is 1. The standard InChI is InChI=1S/C17H13NO2S2/c1-10-9-12(7-8-15(10)20-11(2)19)16-18-14-6-4-3-5-13(14)17(21)22-16/h3-9H,1-2H3. The van der Waals surface area contributed by atoms with Crippen LogP contribution >= 0.6 is 23.6 Å². The average Bonchev–Trinajstić information content (AvgIpc) is 2.49. The molecule has 0 aliphatic heterocycles. The second-order valence-electron chi connectivity index (χ2n) is 4.90. The van der Waals surface area contributed by atoms with Crippen LogP contribution in [0.25, 0.3) is 21.5 Å². The van der Waals surface area contributed by atoms with Gasteiger partial charge < -0.3 is 4.74 Å². The molecule has 22 heavy (non-hydrogen) atoms. The van der Waals surface area contributed by atoms with Crippen LogP contribution in [0.3, 0.4) is 0 Å². The second-order valence-corrected chi connectivity index (χ2v) is 6.56. The Morgan fingerprint density at radius 2 is 2.00 bits per heavy atom. The first-order valence-electron chi connectivity index (χ1n) is 6.74. The number of rotatable bonds is 2. The van der Waals surface area contributed by atoms with Crippen LogP contribution in [0, 0.1) is 10.7 Å². The van der Waals surface area contributed by atoms with Crippen LogP contribution in [0.4, 0.5) is 0 Å². The quantitative estimate of drug-likeness (QED) is 0.380. The van der Waals surface area contributed by atoms with Crippen LogP contribution in [0.2, 0.25) is 0 Å². The molecule has 2 aromatic carbocycles. The van der Waals surface area contributed by atoms with Crippen molar-refractivity contribution < 1.29 is 9.53 Å². The minimum atomic E-state index is -0.324. The lowest BCUT2D eigenvalue weighted by molar-refractivity contribution is -0.131. The number of esters is 1. The molecule has 0 spiro atoms. The van der Waals surface area contributed by atoms with Gasteiger partial charge in [-0.2, -0.15) is 0 Å². The summed E-state index contributed by atoms with van der Waals surface area (Å²) >= 11 is 6.95. The molecule has 0 amide bonds. The largest absolute Gasteiger partial charge is 0.426 e. The summed E-state index contributed by atoms with van der Waals surface area (Å²) in [5.74, 6) is 0.246. The number of ether oxygens (including phenoxy) is 1. The first-order valence-corrected chi connectivity index (χ1v) is 7.96. The molecule has 0 bridgehead atoms. The van der Waals surface area contributed by atoms with Crippen molar-refractivity contribution in [3.05, 3.63) is 51.9 Å². The highest BCUT2D eigenvalue weighted by molar-refractivity contribution is 7.74. The number of benzene rings is 2. The summed E-state index contributed by atoms with van der Waals surface area (Å²) in [6, 6.07) is 13.5. The van der Waals surface area contributed by atoms with Crippen LogP contribution < -0.4 is 4.74 Å². The number of hydrogen-bond donors (Lipinski definition) is 0. The van der Waals surface area contributed by atoms with E-state index in [2.05, 4.69) is 4.98 Å². The summed E-state index contributed by atoms with van der Waals surface area (Å²) in [7, 11) is 0. The minimum Gasteiger partial charge on any atom is -0.426 e. The van der Waals surface area contributed by atoms with Crippen LogP contribution in [0.5, 0.6) is 5.75 Å². The molecule has 0 aliphatic rings. The van der Waals surface area contributed by atoms with Gasteiger partial charge in [-0.3, -0.25) is 4.79 Å². The van der Waals surface area contributed by atoms with Gasteiger partial charge in [-0.1, -0.05) is 30.4 Å². The first-order chi connectivity index (χ1) is 10.5. The van der Waals surface area contributed by atoms with Crippen LogP contribution in [0.15, 0.2) is 42.5 Å². The molecule has 3 aromatic rings. The Morgan fingerprint density at radius 3 is 2.73 bits per heavy atom. The van der Waals surface area contributed by atoms with E-state index in [-0.39, 0.29) is 5.97 Å². The molecule has 0 aliphatic carbocycles. The monoisotopic (exact) mass is 327 g/mol. The number of carbonyl (C=O) groups is 1. The molecular weight excluding hydrogens is 314 g/mol. The smallest absolute Gasteiger partial charge is 0.308 e. The third kappa shape index (κ3) is 2.91. The number of fused-ring (bicyclic) bond motifs is 1. The van der Waals surface area contributed by atoms with E-state index in [1.807, 2.05) is 43.3 Å². The van der Waals surface area contributed by atoms with E-state index in [9.17, 15) is 4.79 Å². The van der Waals surface area contributed by atoms with Crippen molar-refractivity contribution in [2.75, 3.05) is 0 Å². The zero-order valence-electron chi connectivity index (χ0n) is 12.1. The molecule has 1 heterocycles. The van der Waals surface area contributed by atoms with Crippen molar-refractivity contribution in [1.29, 1.82) is 0 Å². The van der Waals surface area contributed by atoms with Crippen molar-refractivity contribution >= 4 is 40.4 Å². The summed E-state index contributed by atoms with van der Waals surface area (Å²) in [5.41, 5.74) is 2.75. The van der Waals surface area contributed by atoms with E-state index in [4.69, 9.17) is 17.0 Å². The third-order valence-electron chi connectivity index (χ3n) is 3.21. The molecule has 0 radical (unpaired) electrons. The van der Waals surface area contributed by atoms with Crippen molar-refractivity contribution in [1.82, 2.24) is 4.98 Å². The van der Waals surface area contributed by atoms with Crippen LogP contribution in [-0.4, -0.2) is 11.0 Å². The van der Waals surface area contributed by atoms with Gasteiger partial charge in [0.05, 0.1) is 5.52 Å². The minimum absolute atomic E-state index is 0.324. The van der Waals surface area contributed by atoms with E-state index in [1.165, 1.54) is 18.3 Å². The fourth-order valence-electron chi connectivity index (χ4n) is 2.19. The lowest BCUT2D eigenvalue weighted by atomic mass is 10.1. The van der Waals surface area contributed by atoms with Crippen molar-refractivity contribution in [3.8, 4) is 16.3 Å². The zero-order chi connectivity index (χ0) is 15.7. The van der Waals surface area contributed by atoms with E-state index < -0.39 is 0 Å². The molecule has 1 aromatic heterocycles. The molecule has 3 nitrogen and oxygen atoms in total. The summed E-state index contributed by atoms with van der Waals surface area (Å²) in [6.45, 7) is 3.30. The van der Waals surface area contributed by atoms with E-state index in [1.54, 1.807) is 6.07 Å². The number of hydrogen-bond acceptors (Lipinski definition) is 5. The Labute approximate surface area is 137 Å². The van der Waals surface area contributed by atoms with E-state index >= 15 is 0 Å². The summed E-state index contributed by atoms with van der Waals surface area (Å²) in [5, 5.41) is 1.86. The van der Waals surface area contributed by atoms with Crippen molar-refractivity contribution in [2.45, 2.75) is 13.8 Å². The van der Waals surface area contributed by atoms with Crippen molar-refractivity contribution in [3.63, 3.8) is 0 Å². The normalized spacial score (nSPS) is 10.6. The maximum Gasteiger partial charge on any atom is 0.308 e. The van der Waals surface area contributed by atoms with Gasteiger partial charge in [-0.05, 0) is 36.8 Å². The maximum absolute atomic E-state index is 11.1. The van der Waals surface area contributed by atoms with Gasteiger partial charge in [0.25, 0.3) is 0 Å². The van der Waals surface area contributed by atoms with Gasteiger partial charge in [0.15, 0.2) is 0 Å². The lowest BCUT2D eigenvalue weighted by Crippen LogP contribution is -2.02. The zero-order valence-corrected chi connectivity index (χ0v) is 13.8. The molecular formula is C17H13NO2S2. The summed E-state index contributed by atoms with van der Waals surface area (Å²) < 4.78 is 5.97.